The Balaban J connectivity index is 2.17. The number of carbonyl (C=O) groups is 1. The van der Waals surface area contributed by atoms with Crippen LogP contribution in [0.3, 0.4) is 0 Å². The first kappa shape index (κ1) is 18.7. The van der Waals surface area contributed by atoms with Crippen LogP contribution in [-0.4, -0.2) is 61.9 Å². The Morgan fingerprint density at radius 3 is 2.71 bits per heavy atom. The molecule has 1 atom stereocenters. The highest BCUT2D eigenvalue weighted by atomic mass is 32.2. The monoisotopic (exact) mass is 353 g/mol. The Labute approximate surface area is 144 Å². The minimum absolute atomic E-state index is 0.0257. The molecule has 1 unspecified atom stereocenters. The zero-order valence-corrected chi connectivity index (χ0v) is 15.6. The molecule has 1 saturated heterocycles. The second-order valence-corrected chi connectivity index (χ2v) is 8.55. The molecule has 0 N–H and O–H groups in total. The van der Waals surface area contributed by atoms with Crippen LogP contribution in [0.15, 0.2) is 18.3 Å². The molecule has 1 amide bonds. The molecule has 7 heteroatoms. The van der Waals surface area contributed by atoms with Gasteiger partial charge in [-0.2, -0.15) is 0 Å². The van der Waals surface area contributed by atoms with Crippen LogP contribution in [0.5, 0.6) is 0 Å². The first-order valence-corrected chi connectivity index (χ1v) is 10.4. The topological polar surface area (TPSA) is 70.6 Å². The molecule has 1 fully saturated rings. The number of carbonyl (C=O) groups excluding carboxylic acids is 1. The van der Waals surface area contributed by atoms with Gasteiger partial charge >= 0.3 is 0 Å². The van der Waals surface area contributed by atoms with Crippen molar-refractivity contribution in [1.82, 2.24) is 9.88 Å². The molecule has 0 aromatic carbocycles. The van der Waals surface area contributed by atoms with Crippen molar-refractivity contribution in [2.45, 2.75) is 39.2 Å². The standard InChI is InChI=1S/C17H27N3O3S/c1-4-6-10-19(3)17(21)14-7-9-18-16(12-14)20(5-2)15-8-11-24(22,23)13-15/h7,9,12,15H,4-6,8,10-11,13H2,1-3H3. The summed E-state index contributed by atoms with van der Waals surface area (Å²) in [5, 5.41) is 0. The van der Waals surface area contributed by atoms with Gasteiger partial charge in [-0.15, -0.1) is 0 Å². The minimum Gasteiger partial charge on any atom is -0.353 e. The third-order valence-corrected chi connectivity index (χ3v) is 6.22. The van der Waals surface area contributed by atoms with E-state index >= 15 is 0 Å². The van der Waals surface area contributed by atoms with E-state index in [0.717, 1.165) is 19.4 Å². The predicted molar refractivity (Wildman–Crippen MR) is 96.2 cm³/mol. The van der Waals surface area contributed by atoms with E-state index in [-0.39, 0.29) is 23.5 Å². The van der Waals surface area contributed by atoms with Gasteiger partial charge in [0.05, 0.1) is 11.5 Å². The molecule has 134 valence electrons. The summed E-state index contributed by atoms with van der Waals surface area (Å²) in [6.07, 6.45) is 4.26. The average Bonchev–Trinajstić information content (AvgIpc) is 2.92. The minimum atomic E-state index is -2.95. The van der Waals surface area contributed by atoms with Crippen molar-refractivity contribution in [3.05, 3.63) is 23.9 Å². The van der Waals surface area contributed by atoms with Crippen LogP contribution in [0, 0.1) is 0 Å². The number of aromatic nitrogens is 1. The molecule has 0 saturated carbocycles. The van der Waals surface area contributed by atoms with Gasteiger partial charge in [0.25, 0.3) is 5.91 Å². The molecule has 6 nitrogen and oxygen atoms in total. The fourth-order valence-corrected chi connectivity index (χ4v) is 4.78. The van der Waals surface area contributed by atoms with E-state index in [1.165, 1.54) is 0 Å². The number of unbranched alkanes of at least 4 members (excludes halogenated alkanes) is 1. The Bertz CT molecular complexity index is 675. The molecule has 0 radical (unpaired) electrons. The van der Waals surface area contributed by atoms with Gasteiger partial charge in [0, 0.05) is 37.9 Å². The number of rotatable bonds is 7. The maximum Gasteiger partial charge on any atom is 0.253 e. The van der Waals surface area contributed by atoms with Crippen molar-refractivity contribution in [2.24, 2.45) is 0 Å². The number of hydrogen-bond donors (Lipinski definition) is 0. The normalized spacial score (nSPS) is 19.2. The number of nitrogens with zero attached hydrogens (tertiary/aromatic N) is 3. The summed E-state index contributed by atoms with van der Waals surface area (Å²) >= 11 is 0. The van der Waals surface area contributed by atoms with E-state index in [0.29, 0.717) is 24.3 Å². The summed E-state index contributed by atoms with van der Waals surface area (Å²) in [5.74, 6) is 1.04. The van der Waals surface area contributed by atoms with Crippen molar-refractivity contribution < 1.29 is 13.2 Å². The van der Waals surface area contributed by atoms with Crippen molar-refractivity contribution in [2.75, 3.05) is 36.5 Å². The van der Waals surface area contributed by atoms with Crippen molar-refractivity contribution in [3.8, 4) is 0 Å². The Morgan fingerprint density at radius 1 is 1.38 bits per heavy atom. The van der Waals surface area contributed by atoms with Gasteiger partial charge in [-0.25, -0.2) is 13.4 Å². The molecular weight excluding hydrogens is 326 g/mol. The number of amides is 1. The van der Waals surface area contributed by atoms with E-state index in [1.807, 2.05) is 11.8 Å². The van der Waals surface area contributed by atoms with Crippen LogP contribution in [-0.2, 0) is 9.84 Å². The van der Waals surface area contributed by atoms with E-state index < -0.39 is 9.84 Å². The highest BCUT2D eigenvalue weighted by Gasteiger charge is 2.32. The van der Waals surface area contributed by atoms with E-state index in [1.54, 1.807) is 30.3 Å². The van der Waals surface area contributed by atoms with Crippen LogP contribution in [0.2, 0.25) is 0 Å². The Morgan fingerprint density at radius 2 is 2.12 bits per heavy atom. The summed E-state index contributed by atoms with van der Waals surface area (Å²) in [6, 6.07) is 3.43. The van der Waals surface area contributed by atoms with E-state index in [4.69, 9.17) is 0 Å². The Kier molecular flexibility index (Phi) is 6.21. The predicted octanol–water partition coefficient (Wildman–Crippen LogP) is 1.97. The van der Waals surface area contributed by atoms with Gasteiger partial charge in [-0.3, -0.25) is 4.79 Å². The third-order valence-electron chi connectivity index (χ3n) is 4.47. The molecular formula is C17H27N3O3S. The molecule has 0 bridgehead atoms. The molecule has 1 aliphatic heterocycles. The lowest BCUT2D eigenvalue weighted by Crippen LogP contribution is -2.37. The van der Waals surface area contributed by atoms with Crippen LogP contribution in [0.4, 0.5) is 5.82 Å². The smallest absolute Gasteiger partial charge is 0.253 e. The maximum absolute atomic E-state index is 12.5. The quantitative estimate of drug-likeness (QED) is 0.749. The molecule has 1 aromatic rings. The largest absolute Gasteiger partial charge is 0.353 e. The third kappa shape index (κ3) is 4.47. The zero-order valence-electron chi connectivity index (χ0n) is 14.7. The summed E-state index contributed by atoms with van der Waals surface area (Å²) in [5.41, 5.74) is 0.595. The lowest BCUT2D eigenvalue weighted by molar-refractivity contribution is 0.0793. The second kappa shape index (κ2) is 7.96. The second-order valence-electron chi connectivity index (χ2n) is 6.33. The van der Waals surface area contributed by atoms with E-state index in [2.05, 4.69) is 11.9 Å². The molecule has 0 spiro atoms. The molecule has 0 aliphatic carbocycles. The number of anilines is 1. The van der Waals surface area contributed by atoms with Crippen LogP contribution < -0.4 is 4.90 Å². The maximum atomic E-state index is 12.5. The van der Waals surface area contributed by atoms with Gasteiger partial charge in [-0.1, -0.05) is 13.3 Å². The Hall–Kier alpha value is -1.63. The summed E-state index contributed by atoms with van der Waals surface area (Å²) in [4.78, 5) is 20.6. The average molecular weight is 353 g/mol. The van der Waals surface area contributed by atoms with Crippen LogP contribution in [0.1, 0.15) is 43.5 Å². The lowest BCUT2D eigenvalue weighted by atomic mass is 10.2. The van der Waals surface area contributed by atoms with E-state index in [9.17, 15) is 13.2 Å². The number of pyridine rings is 1. The highest BCUT2D eigenvalue weighted by Crippen LogP contribution is 2.23. The summed E-state index contributed by atoms with van der Waals surface area (Å²) < 4.78 is 23.5. The lowest BCUT2D eigenvalue weighted by Gasteiger charge is -2.28. The first-order valence-electron chi connectivity index (χ1n) is 8.56. The van der Waals surface area contributed by atoms with Gasteiger partial charge in [0.2, 0.25) is 0 Å². The molecule has 24 heavy (non-hydrogen) atoms. The highest BCUT2D eigenvalue weighted by molar-refractivity contribution is 7.91. The SMILES string of the molecule is CCCCN(C)C(=O)c1ccnc(N(CC)C2CCS(=O)(=O)C2)c1. The summed E-state index contributed by atoms with van der Waals surface area (Å²) in [7, 11) is -1.15. The van der Waals surface area contributed by atoms with Gasteiger partial charge in [0.1, 0.15) is 5.82 Å². The van der Waals surface area contributed by atoms with Crippen LogP contribution >= 0.6 is 0 Å². The van der Waals surface area contributed by atoms with Gasteiger partial charge < -0.3 is 9.80 Å². The number of sulfone groups is 1. The molecule has 2 heterocycles. The molecule has 1 aliphatic rings. The zero-order chi connectivity index (χ0) is 17.7. The summed E-state index contributed by atoms with van der Waals surface area (Å²) in [6.45, 7) is 5.47. The fraction of sp³-hybridized carbons (Fsp3) is 0.647. The van der Waals surface area contributed by atoms with Crippen molar-refractivity contribution >= 4 is 21.6 Å². The van der Waals surface area contributed by atoms with Crippen molar-refractivity contribution in [3.63, 3.8) is 0 Å². The first-order chi connectivity index (χ1) is 11.4. The fourth-order valence-electron chi connectivity index (χ4n) is 3.05. The van der Waals surface area contributed by atoms with Gasteiger partial charge in [-0.05, 0) is 31.9 Å². The number of hydrogen-bond acceptors (Lipinski definition) is 5. The van der Waals surface area contributed by atoms with Gasteiger partial charge in [0.15, 0.2) is 9.84 Å². The molecule has 2 rings (SSSR count). The van der Waals surface area contributed by atoms with Crippen molar-refractivity contribution in [1.29, 1.82) is 0 Å². The molecule has 1 aromatic heterocycles. The van der Waals surface area contributed by atoms with Crippen LogP contribution in [0.25, 0.3) is 0 Å².